The van der Waals surface area contributed by atoms with E-state index in [-0.39, 0.29) is 22.6 Å². The van der Waals surface area contributed by atoms with Gasteiger partial charge in [-0.15, -0.1) is 0 Å². The molecular weight excluding hydrogens is 603 g/mol. The Bertz CT molecular complexity index is 1720. The Morgan fingerprint density at radius 3 is 2.46 bits per heavy atom. The number of imidazole rings is 1. The molecule has 0 spiro atoms. The van der Waals surface area contributed by atoms with Crippen molar-refractivity contribution in [1.82, 2.24) is 24.9 Å². The van der Waals surface area contributed by atoms with Crippen molar-refractivity contribution in [2.45, 2.75) is 38.3 Å². The number of hydrogen-bond donors (Lipinski definition) is 2. The number of aliphatic carboxylic acids is 1. The number of piperidine rings is 1. The molecule has 0 amide bonds. The summed E-state index contributed by atoms with van der Waals surface area (Å²) in [7, 11) is 4.85. The third kappa shape index (κ3) is 6.17. The van der Waals surface area contributed by atoms with Crippen LogP contribution in [-0.2, 0) is 15.7 Å². The number of aromatic amines is 1. The number of nitrogens with zero attached hydrogens (tertiary/aromatic N) is 6. The Morgan fingerprint density at radius 1 is 1.11 bits per heavy atom. The van der Waals surface area contributed by atoms with Crippen molar-refractivity contribution in [3.63, 3.8) is 0 Å². The van der Waals surface area contributed by atoms with Crippen LogP contribution in [0.2, 0.25) is 0 Å². The minimum Gasteiger partial charge on any atom is -0.496 e. The molecule has 3 aromatic heterocycles. The van der Waals surface area contributed by atoms with Gasteiger partial charge in [0.2, 0.25) is 0 Å². The standard InChI is InChI=1S/C32H36F3N7O4/c1-41(17-31(18-45-2)9-4-10-31)24-14-22(20-5-6-25(46-3)21(13-20)32(33,34)35)38-29-27(24)39-28(40-29)23-15-37-26(16-36-23)42-11-7-19(8-12-42)30(43)44/h5-6,13-16,19H,4,7-12,17-18H2,1-3H3,(H,43,44)(H,38,39,40). The highest BCUT2D eigenvalue weighted by molar-refractivity contribution is 5.91. The SMILES string of the molecule is COCC1(CN(C)c2cc(-c3ccc(OC)c(C(F)(F)F)c3)nc3nc(-c4cnc(N5CCC(C(=O)O)CC5)cn4)[nH]c23)CCC1. The fraction of sp³-hybridized carbons (Fsp3) is 0.469. The van der Waals surface area contributed by atoms with Crippen molar-refractivity contribution in [1.29, 1.82) is 0 Å². The molecule has 46 heavy (non-hydrogen) atoms. The number of aromatic nitrogens is 5. The van der Waals surface area contributed by atoms with Crippen LogP contribution in [0, 0.1) is 11.3 Å². The Labute approximate surface area is 263 Å². The summed E-state index contributed by atoms with van der Waals surface area (Å²) in [4.78, 5) is 37.3. The van der Waals surface area contributed by atoms with Gasteiger partial charge in [0.15, 0.2) is 11.5 Å². The number of rotatable bonds is 10. The van der Waals surface area contributed by atoms with E-state index >= 15 is 0 Å². The number of carbonyl (C=O) groups is 1. The molecule has 2 fully saturated rings. The molecule has 14 heteroatoms. The molecule has 1 aromatic carbocycles. The third-order valence-corrected chi connectivity index (χ3v) is 9.14. The van der Waals surface area contributed by atoms with Crippen LogP contribution in [0.4, 0.5) is 24.7 Å². The van der Waals surface area contributed by atoms with Gasteiger partial charge in [-0.05, 0) is 49.9 Å². The molecule has 11 nitrogen and oxygen atoms in total. The number of fused-ring (bicyclic) bond motifs is 1. The van der Waals surface area contributed by atoms with Crippen LogP contribution in [0.15, 0.2) is 36.7 Å². The number of benzene rings is 1. The Balaban J connectivity index is 1.37. The van der Waals surface area contributed by atoms with Crippen LogP contribution in [0.1, 0.15) is 37.7 Å². The van der Waals surface area contributed by atoms with E-state index in [1.54, 1.807) is 31.6 Å². The molecule has 0 atom stereocenters. The van der Waals surface area contributed by atoms with Crippen LogP contribution in [-0.4, -0.2) is 83.5 Å². The summed E-state index contributed by atoms with van der Waals surface area (Å²) in [5.74, 6) is -0.332. The zero-order valence-electron chi connectivity index (χ0n) is 25.9. The molecule has 1 saturated heterocycles. The van der Waals surface area contributed by atoms with Crippen LogP contribution in [0.5, 0.6) is 5.75 Å². The Morgan fingerprint density at radius 2 is 1.87 bits per heavy atom. The summed E-state index contributed by atoms with van der Waals surface area (Å²) < 4.78 is 52.2. The summed E-state index contributed by atoms with van der Waals surface area (Å²) in [6, 6.07) is 5.68. The van der Waals surface area contributed by atoms with Crippen molar-refractivity contribution >= 4 is 28.6 Å². The minimum atomic E-state index is -4.61. The lowest BCUT2D eigenvalue weighted by atomic mass is 9.69. The number of pyridine rings is 1. The molecule has 2 aliphatic rings. The normalized spacial score (nSPS) is 16.8. The minimum absolute atomic E-state index is 0.0219. The second-order valence-corrected chi connectivity index (χ2v) is 12.2. The maximum absolute atomic E-state index is 13.9. The molecule has 0 radical (unpaired) electrons. The number of hydrogen-bond acceptors (Lipinski definition) is 9. The summed E-state index contributed by atoms with van der Waals surface area (Å²) in [6.45, 7) is 2.43. The quantitative estimate of drug-likeness (QED) is 0.224. The van der Waals surface area contributed by atoms with Gasteiger partial charge in [0.25, 0.3) is 0 Å². The van der Waals surface area contributed by atoms with Crippen molar-refractivity contribution < 1.29 is 32.5 Å². The van der Waals surface area contributed by atoms with E-state index in [4.69, 9.17) is 14.5 Å². The summed E-state index contributed by atoms with van der Waals surface area (Å²) >= 11 is 0. The molecule has 4 aromatic rings. The lowest BCUT2D eigenvalue weighted by molar-refractivity contribution is -0.142. The zero-order valence-corrected chi connectivity index (χ0v) is 25.9. The number of H-pyrrole nitrogens is 1. The monoisotopic (exact) mass is 639 g/mol. The van der Waals surface area contributed by atoms with E-state index < -0.39 is 17.7 Å². The van der Waals surface area contributed by atoms with Gasteiger partial charge in [-0.25, -0.2) is 19.9 Å². The van der Waals surface area contributed by atoms with Gasteiger partial charge in [0.1, 0.15) is 22.8 Å². The van der Waals surface area contributed by atoms with Crippen LogP contribution < -0.4 is 14.5 Å². The summed E-state index contributed by atoms with van der Waals surface area (Å²) in [6.07, 6.45) is 2.85. The molecule has 6 rings (SSSR count). The van der Waals surface area contributed by atoms with E-state index in [0.29, 0.717) is 73.3 Å². The van der Waals surface area contributed by atoms with Crippen molar-refractivity contribution in [3.8, 4) is 28.5 Å². The second-order valence-electron chi connectivity index (χ2n) is 12.2. The maximum Gasteiger partial charge on any atom is 0.419 e. The van der Waals surface area contributed by atoms with Gasteiger partial charge in [-0.2, -0.15) is 13.2 Å². The molecule has 244 valence electrons. The number of nitrogens with one attached hydrogen (secondary N) is 1. The first-order chi connectivity index (χ1) is 22.0. The van der Waals surface area contributed by atoms with Crippen molar-refractivity contribution in [3.05, 3.63) is 42.2 Å². The summed E-state index contributed by atoms with van der Waals surface area (Å²) in [5.41, 5.74) is 1.86. The molecule has 2 N–H and O–H groups in total. The number of anilines is 2. The van der Waals surface area contributed by atoms with Gasteiger partial charge < -0.3 is 29.4 Å². The maximum atomic E-state index is 13.9. The Kier molecular flexibility index (Phi) is 8.49. The third-order valence-electron chi connectivity index (χ3n) is 9.14. The lowest BCUT2D eigenvalue weighted by Crippen LogP contribution is -2.44. The number of carboxylic acids is 1. The first-order valence-corrected chi connectivity index (χ1v) is 15.2. The van der Waals surface area contributed by atoms with Crippen LogP contribution in [0.25, 0.3) is 33.9 Å². The van der Waals surface area contributed by atoms with Gasteiger partial charge in [-0.1, -0.05) is 6.42 Å². The van der Waals surface area contributed by atoms with Crippen LogP contribution in [0.3, 0.4) is 0 Å². The predicted molar refractivity (Wildman–Crippen MR) is 166 cm³/mol. The summed E-state index contributed by atoms with van der Waals surface area (Å²) in [5, 5.41) is 9.29. The number of halogens is 3. The highest BCUT2D eigenvalue weighted by Crippen LogP contribution is 2.44. The number of carboxylic acid groups (broad SMARTS) is 1. The molecule has 4 heterocycles. The fourth-order valence-electron chi connectivity index (χ4n) is 6.51. The first-order valence-electron chi connectivity index (χ1n) is 15.2. The Hall–Kier alpha value is -4.46. The van der Waals surface area contributed by atoms with E-state index in [9.17, 15) is 23.1 Å². The highest BCUT2D eigenvalue weighted by Gasteiger charge is 2.39. The number of alkyl halides is 3. The molecule has 1 saturated carbocycles. The zero-order chi connectivity index (χ0) is 32.6. The van der Waals surface area contributed by atoms with E-state index in [1.165, 1.54) is 13.2 Å². The van der Waals surface area contributed by atoms with Gasteiger partial charge in [0, 0.05) is 44.8 Å². The average molecular weight is 640 g/mol. The van der Waals surface area contributed by atoms with Gasteiger partial charge in [-0.3, -0.25) is 4.79 Å². The molecular formula is C32H36F3N7O4. The number of ether oxygens (including phenoxy) is 2. The molecule has 1 aliphatic heterocycles. The predicted octanol–water partition coefficient (Wildman–Crippen LogP) is 5.66. The molecule has 1 aliphatic carbocycles. The molecule has 0 bridgehead atoms. The molecule has 0 unspecified atom stereocenters. The second kappa shape index (κ2) is 12.4. The number of methoxy groups -OCH3 is 2. The largest absolute Gasteiger partial charge is 0.496 e. The topological polar surface area (TPSA) is 130 Å². The van der Waals surface area contributed by atoms with E-state index in [1.807, 2.05) is 11.9 Å². The van der Waals surface area contributed by atoms with Crippen molar-refractivity contribution in [2.75, 3.05) is 57.3 Å². The lowest BCUT2D eigenvalue weighted by Gasteiger charge is -2.44. The fourth-order valence-corrected chi connectivity index (χ4v) is 6.51. The smallest absolute Gasteiger partial charge is 0.419 e. The van der Waals surface area contributed by atoms with Gasteiger partial charge >= 0.3 is 12.1 Å². The van der Waals surface area contributed by atoms with E-state index in [0.717, 1.165) is 31.0 Å². The highest BCUT2D eigenvalue weighted by atomic mass is 19.4. The van der Waals surface area contributed by atoms with Crippen molar-refractivity contribution in [2.24, 2.45) is 11.3 Å². The first kappa shape index (κ1) is 31.5. The van der Waals surface area contributed by atoms with Gasteiger partial charge in [0.05, 0.1) is 49.0 Å². The van der Waals surface area contributed by atoms with E-state index in [2.05, 4.69) is 24.8 Å². The average Bonchev–Trinajstić information content (AvgIpc) is 3.47. The van der Waals surface area contributed by atoms with Crippen LogP contribution >= 0.6 is 0 Å².